The Kier molecular flexibility index (Phi) is 7.41. The molecular weight excluding hydrogens is 354 g/mol. The molecule has 26 heavy (non-hydrogen) atoms. The maximum Gasteiger partial charge on any atom is 0.272 e. The van der Waals surface area contributed by atoms with E-state index in [4.69, 9.17) is 0 Å². The first-order chi connectivity index (χ1) is 12.2. The molecule has 142 valence electrons. The molecule has 0 bridgehead atoms. The molecule has 1 saturated heterocycles. The van der Waals surface area contributed by atoms with E-state index < -0.39 is 0 Å². The van der Waals surface area contributed by atoms with Crippen molar-refractivity contribution >= 4 is 35.1 Å². The van der Waals surface area contributed by atoms with E-state index in [0.717, 1.165) is 43.4 Å². The standard InChI is InChI=1S/C18H25N5O2.ClH/c1-19-11-13-5-4-10-23(12-13)16(24)8-9-20-18(25)17-14-6-2-3-7-15(14)21-22-17;/h2-3,6-7,13,19H,4-5,8-12H2,1H3,(H,20,25)(H,21,22);1H. The monoisotopic (exact) mass is 379 g/mol. The molecule has 1 aliphatic heterocycles. The van der Waals surface area contributed by atoms with Gasteiger partial charge in [-0.15, -0.1) is 12.4 Å². The topological polar surface area (TPSA) is 90.1 Å². The Morgan fingerprint density at radius 1 is 1.35 bits per heavy atom. The van der Waals surface area contributed by atoms with E-state index in [1.54, 1.807) is 0 Å². The van der Waals surface area contributed by atoms with Crippen molar-refractivity contribution in [1.29, 1.82) is 0 Å². The number of aromatic amines is 1. The molecule has 1 unspecified atom stereocenters. The van der Waals surface area contributed by atoms with Gasteiger partial charge in [0.25, 0.3) is 5.91 Å². The number of nitrogens with one attached hydrogen (secondary N) is 3. The molecular formula is C18H26ClN5O2. The van der Waals surface area contributed by atoms with Gasteiger partial charge in [0.05, 0.1) is 5.52 Å². The van der Waals surface area contributed by atoms with Crippen LogP contribution in [0, 0.1) is 5.92 Å². The van der Waals surface area contributed by atoms with Crippen LogP contribution in [0.3, 0.4) is 0 Å². The molecule has 2 heterocycles. The van der Waals surface area contributed by atoms with Crippen molar-refractivity contribution in [1.82, 2.24) is 25.7 Å². The van der Waals surface area contributed by atoms with Crippen LogP contribution in [0.5, 0.6) is 0 Å². The first-order valence-electron chi connectivity index (χ1n) is 8.82. The molecule has 0 spiro atoms. The Bertz CT molecular complexity index is 746. The summed E-state index contributed by atoms with van der Waals surface area (Å²) in [6, 6.07) is 7.49. The second-order valence-electron chi connectivity index (χ2n) is 6.53. The molecule has 1 aromatic carbocycles. The molecule has 2 amide bonds. The third-order valence-corrected chi connectivity index (χ3v) is 4.67. The van der Waals surface area contributed by atoms with Gasteiger partial charge in [-0.1, -0.05) is 18.2 Å². The minimum atomic E-state index is -0.253. The van der Waals surface area contributed by atoms with Crippen LogP contribution in [0.4, 0.5) is 0 Å². The van der Waals surface area contributed by atoms with Gasteiger partial charge in [-0.2, -0.15) is 5.10 Å². The van der Waals surface area contributed by atoms with Crippen molar-refractivity contribution in [3.05, 3.63) is 30.0 Å². The van der Waals surface area contributed by atoms with Crippen molar-refractivity contribution in [2.75, 3.05) is 33.2 Å². The number of fused-ring (bicyclic) bond motifs is 1. The predicted molar refractivity (Wildman–Crippen MR) is 104 cm³/mol. The van der Waals surface area contributed by atoms with E-state index in [2.05, 4.69) is 20.8 Å². The second kappa shape index (κ2) is 9.54. The number of carbonyl (C=O) groups is 2. The van der Waals surface area contributed by atoms with Gasteiger partial charge in [0, 0.05) is 31.4 Å². The van der Waals surface area contributed by atoms with Crippen LogP contribution >= 0.6 is 12.4 Å². The molecule has 1 aliphatic rings. The molecule has 3 N–H and O–H groups in total. The number of piperidine rings is 1. The number of hydrogen-bond acceptors (Lipinski definition) is 4. The third kappa shape index (κ3) is 4.74. The first kappa shape index (κ1) is 20.2. The van der Waals surface area contributed by atoms with Crippen molar-refractivity contribution < 1.29 is 9.59 Å². The van der Waals surface area contributed by atoms with Crippen molar-refractivity contribution in [3.63, 3.8) is 0 Å². The second-order valence-corrected chi connectivity index (χ2v) is 6.53. The minimum absolute atomic E-state index is 0. The molecule has 1 fully saturated rings. The summed E-state index contributed by atoms with van der Waals surface area (Å²) in [7, 11) is 1.94. The number of rotatable bonds is 6. The minimum Gasteiger partial charge on any atom is -0.350 e. The summed E-state index contributed by atoms with van der Waals surface area (Å²) >= 11 is 0. The molecule has 3 rings (SSSR count). The lowest BCUT2D eigenvalue weighted by molar-refractivity contribution is -0.132. The Hall–Kier alpha value is -2.12. The summed E-state index contributed by atoms with van der Waals surface area (Å²) in [6.07, 6.45) is 2.53. The lowest BCUT2D eigenvalue weighted by Crippen LogP contribution is -2.43. The van der Waals surface area contributed by atoms with Gasteiger partial charge in [0.15, 0.2) is 5.69 Å². The van der Waals surface area contributed by atoms with E-state index in [9.17, 15) is 9.59 Å². The van der Waals surface area contributed by atoms with Crippen LogP contribution in [-0.4, -0.2) is 60.1 Å². The normalized spacial score (nSPS) is 17.0. The molecule has 0 aliphatic carbocycles. The molecule has 1 aromatic heterocycles. The van der Waals surface area contributed by atoms with Crippen LogP contribution in [0.25, 0.3) is 10.9 Å². The number of aromatic nitrogens is 2. The fourth-order valence-electron chi connectivity index (χ4n) is 3.41. The number of amides is 2. The maximum absolute atomic E-state index is 12.4. The van der Waals surface area contributed by atoms with Crippen LogP contribution in [0.2, 0.25) is 0 Å². The SMILES string of the molecule is CNCC1CCCN(C(=O)CCNC(=O)c2n[nH]c3ccccc23)C1.Cl. The number of H-pyrrole nitrogens is 1. The van der Waals surface area contributed by atoms with Gasteiger partial charge >= 0.3 is 0 Å². The van der Waals surface area contributed by atoms with E-state index in [0.29, 0.717) is 24.6 Å². The van der Waals surface area contributed by atoms with E-state index in [-0.39, 0.29) is 24.2 Å². The highest BCUT2D eigenvalue weighted by atomic mass is 35.5. The molecule has 2 aromatic rings. The number of likely N-dealkylation sites (tertiary alicyclic amines) is 1. The summed E-state index contributed by atoms with van der Waals surface area (Å²) in [4.78, 5) is 26.6. The number of hydrogen-bond donors (Lipinski definition) is 3. The summed E-state index contributed by atoms with van der Waals surface area (Å²) in [6.45, 7) is 2.88. The Balaban J connectivity index is 0.00000243. The van der Waals surface area contributed by atoms with Crippen LogP contribution in [0.15, 0.2) is 24.3 Å². The van der Waals surface area contributed by atoms with Gasteiger partial charge in [-0.05, 0) is 38.4 Å². The van der Waals surface area contributed by atoms with Crippen LogP contribution in [-0.2, 0) is 4.79 Å². The number of benzene rings is 1. The number of nitrogens with zero attached hydrogens (tertiary/aromatic N) is 2. The summed E-state index contributed by atoms with van der Waals surface area (Å²) in [5, 5.41) is 13.7. The Labute approximate surface area is 159 Å². The number of para-hydroxylation sites is 1. The molecule has 8 heteroatoms. The highest BCUT2D eigenvalue weighted by molar-refractivity contribution is 6.04. The maximum atomic E-state index is 12.4. The summed E-state index contributed by atoms with van der Waals surface area (Å²) < 4.78 is 0. The summed E-state index contributed by atoms with van der Waals surface area (Å²) in [5.74, 6) is 0.373. The quantitative estimate of drug-likeness (QED) is 0.710. The van der Waals surface area contributed by atoms with Gasteiger partial charge in [-0.25, -0.2) is 0 Å². The zero-order valence-electron chi connectivity index (χ0n) is 15.0. The van der Waals surface area contributed by atoms with Crippen molar-refractivity contribution in [2.24, 2.45) is 5.92 Å². The average Bonchev–Trinajstić information content (AvgIpc) is 3.06. The Morgan fingerprint density at radius 2 is 2.15 bits per heavy atom. The highest BCUT2D eigenvalue weighted by Gasteiger charge is 2.23. The Morgan fingerprint density at radius 3 is 2.96 bits per heavy atom. The number of carbonyl (C=O) groups excluding carboxylic acids is 2. The smallest absolute Gasteiger partial charge is 0.272 e. The van der Waals surface area contributed by atoms with Crippen molar-refractivity contribution in [3.8, 4) is 0 Å². The zero-order valence-corrected chi connectivity index (χ0v) is 15.8. The first-order valence-corrected chi connectivity index (χ1v) is 8.82. The lowest BCUT2D eigenvalue weighted by Gasteiger charge is -2.32. The van der Waals surface area contributed by atoms with Gasteiger partial charge in [0.1, 0.15) is 0 Å². The van der Waals surface area contributed by atoms with Gasteiger partial charge in [0.2, 0.25) is 5.91 Å². The van der Waals surface area contributed by atoms with Gasteiger partial charge < -0.3 is 15.5 Å². The third-order valence-electron chi connectivity index (χ3n) is 4.67. The molecule has 7 nitrogen and oxygen atoms in total. The van der Waals surface area contributed by atoms with E-state index in [1.807, 2.05) is 36.2 Å². The molecule has 0 radical (unpaired) electrons. The lowest BCUT2D eigenvalue weighted by atomic mass is 9.98. The van der Waals surface area contributed by atoms with Crippen LogP contribution < -0.4 is 10.6 Å². The average molecular weight is 380 g/mol. The number of halogens is 1. The van der Waals surface area contributed by atoms with Crippen LogP contribution in [0.1, 0.15) is 29.8 Å². The van der Waals surface area contributed by atoms with Crippen molar-refractivity contribution in [2.45, 2.75) is 19.3 Å². The zero-order chi connectivity index (χ0) is 17.6. The fourth-order valence-corrected chi connectivity index (χ4v) is 3.41. The van der Waals surface area contributed by atoms with E-state index in [1.165, 1.54) is 0 Å². The van der Waals surface area contributed by atoms with Gasteiger partial charge in [-0.3, -0.25) is 14.7 Å². The largest absolute Gasteiger partial charge is 0.350 e. The van der Waals surface area contributed by atoms with E-state index >= 15 is 0 Å². The predicted octanol–water partition coefficient (Wildman–Crippen LogP) is 1.56. The summed E-state index contributed by atoms with van der Waals surface area (Å²) in [5.41, 5.74) is 1.20. The fraction of sp³-hybridized carbons (Fsp3) is 0.500. The molecule has 1 atom stereocenters. The highest BCUT2D eigenvalue weighted by Crippen LogP contribution is 2.17. The molecule has 0 saturated carbocycles.